The molecule has 1 aromatic heterocycles. The Morgan fingerprint density at radius 3 is 2.19 bits per heavy atom. The van der Waals surface area contributed by atoms with E-state index in [9.17, 15) is 0 Å². The van der Waals surface area contributed by atoms with Crippen LogP contribution in [0, 0.1) is 20.8 Å². The molecular formula is C14H14ClN. The fourth-order valence-corrected chi connectivity index (χ4v) is 2.30. The molecule has 0 radical (unpaired) electrons. The highest BCUT2D eigenvalue weighted by Gasteiger charge is 2.07. The van der Waals surface area contributed by atoms with E-state index in [1.54, 1.807) is 6.07 Å². The third-order valence-corrected chi connectivity index (χ3v) is 2.86. The highest BCUT2D eigenvalue weighted by molar-refractivity contribution is 6.29. The number of benzene rings is 1. The van der Waals surface area contributed by atoms with Gasteiger partial charge >= 0.3 is 0 Å². The Morgan fingerprint density at radius 1 is 1.00 bits per heavy atom. The van der Waals surface area contributed by atoms with Crippen molar-refractivity contribution in [1.82, 2.24) is 4.98 Å². The third-order valence-electron chi connectivity index (χ3n) is 2.65. The first-order valence-electron chi connectivity index (χ1n) is 5.28. The van der Waals surface area contributed by atoms with E-state index in [0.717, 1.165) is 5.69 Å². The summed E-state index contributed by atoms with van der Waals surface area (Å²) in [6, 6.07) is 10.1. The fourth-order valence-electron chi connectivity index (χ4n) is 2.13. The number of halogens is 1. The standard InChI is InChI=1S/C14H14ClN/c1-9-7-10(2)14(11(3)8-9)12-5-4-6-13(15)16-12/h4-8H,1-3H3. The molecule has 0 aliphatic heterocycles. The average Bonchev–Trinajstić information content (AvgIpc) is 2.15. The van der Waals surface area contributed by atoms with Crippen molar-refractivity contribution in [2.75, 3.05) is 0 Å². The van der Waals surface area contributed by atoms with Crippen LogP contribution < -0.4 is 0 Å². The molecule has 2 rings (SSSR count). The monoisotopic (exact) mass is 231 g/mol. The molecule has 0 saturated carbocycles. The SMILES string of the molecule is Cc1cc(C)c(-c2cccc(Cl)n2)c(C)c1. The van der Waals surface area contributed by atoms with Crippen LogP contribution in [0.25, 0.3) is 11.3 Å². The van der Waals surface area contributed by atoms with E-state index in [4.69, 9.17) is 11.6 Å². The Morgan fingerprint density at radius 2 is 1.62 bits per heavy atom. The lowest BCUT2D eigenvalue weighted by atomic mass is 9.97. The smallest absolute Gasteiger partial charge is 0.129 e. The summed E-state index contributed by atoms with van der Waals surface area (Å²) in [7, 11) is 0. The van der Waals surface area contributed by atoms with E-state index >= 15 is 0 Å². The molecule has 0 N–H and O–H groups in total. The number of aryl methyl sites for hydroxylation is 3. The van der Waals surface area contributed by atoms with Crippen LogP contribution in [0.2, 0.25) is 5.15 Å². The van der Waals surface area contributed by atoms with Crippen molar-refractivity contribution in [2.24, 2.45) is 0 Å². The number of hydrogen-bond donors (Lipinski definition) is 0. The summed E-state index contributed by atoms with van der Waals surface area (Å²) >= 11 is 5.92. The van der Waals surface area contributed by atoms with Crippen LogP contribution in [0.1, 0.15) is 16.7 Å². The molecule has 82 valence electrons. The van der Waals surface area contributed by atoms with Crippen molar-refractivity contribution < 1.29 is 0 Å². The molecule has 0 aliphatic rings. The first kappa shape index (κ1) is 11.2. The van der Waals surface area contributed by atoms with Crippen LogP contribution in [0.4, 0.5) is 0 Å². The van der Waals surface area contributed by atoms with E-state index in [1.807, 2.05) is 12.1 Å². The Balaban J connectivity index is 2.64. The molecule has 0 bridgehead atoms. The van der Waals surface area contributed by atoms with Crippen LogP contribution in [0.3, 0.4) is 0 Å². The van der Waals surface area contributed by atoms with Gasteiger partial charge in [0.1, 0.15) is 5.15 Å². The van der Waals surface area contributed by atoms with Gasteiger partial charge in [0.15, 0.2) is 0 Å². The van der Waals surface area contributed by atoms with Gasteiger partial charge in [0.05, 0.1) is 5.69 Å². The molecule has 16 heavy (non-hydrogen) atoms. The van der Waals surface area contributed by atoms with E-state index in [2.05, 4.69) is 37.9 Å². The second kappa shape index (κ2) is 4.26. The van der Waals surface area contributed by atoms with Crippen LogP contribution in [0.15, 0.2) is 30.3 Å². The number of aromatic nitrogens is 1. The Hall–Kier alpha value is -1.34. The second-order valence-corrected chi connectivity index (χ2v) is 4.51. The molecule has 0 aliphatic carbocycles. The van der Waals surface area contributed by atoms with Crippen molar-refractivity contribution in [1.29, 1.82) is 0 Å². The van der Waals surface area contributed by atoms with Crippen molar-refractivity contribution in [3.63, 3.8) is 0 Å². The van der Waals surface area contributed by atoms with Crippen LogP contribution >= 0.6 is 11.6 Å². The summed E-state index contributed by atoms with van der Waals surface area (Å²) in [5.74, 6) is 0. The highest BCUT2D eigenvalue weighted by atomic mass is 35.5. The lowest BCUT2D eigenvalue weighted by Crippen LogP contribution is -1.92. The van der Waals surface area contributed by atoms with Crippen LogP contribution in [-0.4, -0.2) is 4.98 Å². The third kappa shape index (κ3) is 2.10. The molecule has 0 atom stereocenters. The molecule has 1 aromatic carbocycles. The number of rotatable bonds is 1. The Kier molecular flexibility index (Phi) is 2.97. The second-order valence-electron chi connectivity index (χ2n) is 4.12. The minimum Gasteiger partial charge on any atom is -0.236 e. The van der Waals surface area contributed by atoms with Gasteiger partial charge in [0.25, 0.3) is 0 Å². The maximum atomic E-state index is 5.92. The van der Waals surface area contributed by atoms with E-state index in [-0.39, 0.29) is 0 Å². The van der Waals surface area contributed by atoms with Gasteiger partial charge in [-0.25, -0.2) is 4.98 Å². The van der Waals surface area contributed by atoms with Gasteiger partial charge in [-0.1, -0.05) is 35.4 Å². The van der Waals surface area contributed by atoms with Gasteiger partial charge in [-0.3, -0.25) is 0 Å². The van der Waals surface area contributed by atoms with Crippen molar-refractivity contribution in [2.45, 2.75) is 20.8 Å². The predicted molar refractivity (Wildman–Crippen MR) is 68.9 cm³/mol. The van der Waals surface area contributed by atoms with Crippen LogP contribution in [-0.2, 0) is 0 Å². The van der Waals surface area contributed by atoms with Gasteiger partial charge in [-0.15, -0.1) is 0 Å². The zero-order chi connectivity index (χ0) is 11.7. The molecule has 1 nitrogen and oxygen atoms in total. The van der Waals surface area contributed by atoms with Crippen molar-refractivity contribution >= 4 is 11.6 Å². The minimum atomic E-state index is 0.539. The largest absolute Gasteiger partial charge is 0.236 e. The van der Waals surface area contributed by atoms with E-state index < -0.39 is 0 Å². The highest BCUT2D eigenvalue weighted by Crippen LogP contribution is 2.27. The first-order chi connectivity index (χ1) is 7.58. The van der Waals surface area contributed by atoms with Gasteiger partial charge in [-0.2, -0.15) is 0 Å². The molecule has 2 heteroatoms. The molecule has 0 fully saturated rings. The summed E-state index contributed by atoms with van der Waals surface area (Å²) in [5, 5.41) is 0.539. The molecule has 0 unspecified atom stereocenters. The molecule has 0 spiro atoms. The summed E-state index contributed by atoms with van der Waals surface area (Å²) in [4.78, 5) is 4.36. The first-order valence-corrected chi connectivity index (χ1v) is 5.66. The lowest BCUT2D eigenvalue weighted by molar-refractivity contribution is 1.26. The van der Waals surface area contributed by atoms with E-state index in [0.29, 0.717) is 5.15 Å². The summed E-state index contributed by atoms with van der Waals surface area (Å²) in [6.45, 7) is 6.32. The summed E-state index contributed by atoms with van der Waals surface area (Å²) in [5.41, 5.74) is 5.90. The van der Waals surface area contributed by atoms with Crippen molar-refractivity contribution in [3.8, 4) is 11.3 Å². The zero-order valence-corrected chi connectivity index (χ0v) is 10.5. The molecule has 1 heterocycles. The normalized spacial score (nSPS) is 10.5. The van der Waals surface area contributed by atoms with Gasteiger partial charge in [-0.05, 0) is 44.0 Å². The fraction of sp³-hybridized carbons (Fsp3) is 0.214. The topological polar surface area (TPSA) is 12.9 Å². The van der Waals surface area contributed by atoms with Gasteiger partial charge in [0.2, 0.25) is 0 Å². The van der Waals surface area contributed by atoms with Gasteiger partial charge in [0, 0.05) is 5.56 Å². The number of hydrogen-bond acceptors (Lipinski definition) is 1. The minimum absolute atomic E-state index is 0.539. The maximum absolute atomic E-state index is 5.92. The zero-order valence-electron chi connectivity index (χ0n) is 9.71. The summed E-state index contributed by atoms with van der Waals surface area (Å²) < 4.78 is 0. The quantitative estimate of drug-likeness (QED) is 0.666. The lowest BCUT2D eigenvalue weighted by Gasteiger charge is -2.10. The summed E-state index contributed by atoms with van der Waals surface area (Å²) in [6.07, 6.45) is 0. The van der Waals surface area contributed by atoms with E-state index in [1.165, 1.54) is 22.3 Å². The maximum Gasteiger partial charge on any atom is 0.129 e. The molecular weight excluding hydrogens is 218 g/mol. The molecule has 0 saturated heterocycles. The van der Waals surface area contributed by atoms with Gasteiger partial charge < -0.3 is 0 Å². The Bertz CT molecular complexity index is 509. The molecule has 0 amide bonds. The van der Waals surface area contributed by atoms with Crippen LogP contribution in [0.5, 0.6) is 0 Å². The number of pyridine rings is 1. The predicted octanol–water partition coefficient (Wildman–Crippen LogP) is 4.33. The molecule has 2 aromatic rings. The number of nitrogens with zero attached hydrogens (tertiary/aromatic N) is 1. The average molecular weight is 232 g/mol. The Labute approximate surface area is 101 Å². The van der Waals surface area contributed by atoms with Crippen molar-refractivity contribution in [3.05, 3.63) is 52.2 Å².